The Kier molecular flexibility index (Phi) is 1.85. The fraction of sp³-hybridized carbons (Fsp3) is 0.167. The van der Waals surface area contributed by atoms with Crippen LogP contribution in [0.5, 0.6) is 0 Å². The van der Waals surface area contributed by atoms with Gasteiger partial charge in [0.05, 0.1) is 5.69 Å². The predicted octanol–water partition coefficient (Wildman–Crippen LogP) is 1.69. The highest BCUT2D eigenvalue weighted by Crippen LogP contribution is 2.00. The van der Waals surface area contributed by atoms with Crippen LogP contribution in [-0.4, -0.2) is 9.97 Å². The van der Waals surface area contributed by atoms with Crippen LogP contribution >= 0.6 is 12.6 Å². The van der Waals surface area contributed by atoms with Crippen LogP contribution in [0.1, 0.15) is 5.69 Å². The van der Waals surface area contributed by atoms with Gasteiger partial charge in [0.1, 0.15) is 0 Å². The first-order valence-corrected chi connectivity index (χ1v) is 3.06. The van der Waals surface area contributed by atoms with Crippen LogP contribution in [0.25, 0.3) is 0 Å². The summed E-state index contributed by atoms with van der Waals surface area (Å²) in [5.41, 5.74) is 0.954. The molecular formula is C6H7N2S. The lowest BCUT2D eigenvalue weighted by molar-refractivity contribution is 1.03. The highest BCUT2D eigenvalue weighted by Gasteiger charge is 1.93. The Bertz CT molecular complexity index is 205. The Balaban J connectivity index is 2.72. The number of nitrogens with zero attached hydrogens (tertiary/aromatic N) is 1. The molecule has 0 saturated carbocycles. The van der Waals surface area contributed by atoms with E-state index in [-0.39, 0.29) is 0 Å². The normalized spacial score (nSPS) is 9.33. The van der Waals surface area contributed by atoms with Crippen LogP contribution in [0, 0.1) is 0 Å². The fourth-order valence-corrected chi connectivity index (χ4v) is 0.769. The molecule has 0 aromatic carbocycles. The van der Waals surface area contributed by atoms with Gasteiger partial charge in [-0.2, -0.15) is 0 Å². The number of rotatable bonds is 2. The standard InChI is InChI=1S/C6H7N2S/c1-2-3-5-4-7-6(9)8-5/h2,4H,1,3H2,(H,7,8). The van der Waals surface area contributed by atoms with Gasteiger partial charge in [0.25, 0.3) is 0 Å². The third-order valence-electron chi connectivity index (χ3n) is 0.961. The smallest absolute Gasteiger partial charge is 0.197 e. The molecule has 3 heteroatoms. The molecule has 0 bridgehead atoms. The Labute approximate surface area is 59.4 Å². The highest BCUT2D eigenvalue weighted by molar-refractivity contribution is 7.80. The predicted molar refractivity (Wildman–Crippen MR) is 38.3 cm³/mol. The molecule has 0 amide bonds. The zero-order valence-electron chi connectivity index (χ0n) is 4.92. The van der Waals surface area contributed by atoms with Crippen molar-refractivity contribution in [1.82, 2.24) is 9.97 Å². The van der Waals surface area contributed by atoms with Crippen molar-refractivity contribution in [2.75, 3.05) is 0 Å². The molecule has 0 spiro atoms. The average molecular weight is 139 g/mol. The molecule has 9 heavy (non-hydrogen) atoms. The molecule has 0 saturated heterocycles. The van der Waals surface area contributed by atoms with Gasteiger partial charge in [0.2, 0.25) is 0 Å². The molecule has 0 aliphatic carbocycles. The van der Waals surface area contributed by atoms with Gasteiger partial charge >= 0.3 is 0 Å². The molecule has 1 heterocycles. The number of aromatic amines is 1. The minimum atomic E-state index is 0.548. The van der Waals surface area contributed by atoms with Crippen LogP contribution in [0.15, 0.2) is 24.0 Å². The molecule has 47 valence electrons. The van der Waals surface area contributed by atoms with Gasteiger partial charge < -0.3 is 4.98 Å². The van der Waals surface area contributed by atoms with Crippen molar-refractivity contribution in [1.29, 1.82) is 0 Å². The van der Waals surface area contributed by atoms with E-state index in [0.29, 0.717) is 5.16 Å². The minimum Gasteiger partial charge on any atom is -0.336 e. The molecule has 0 aliphatic heterocycles. The molecule has 0 fully saturated rings. The summed E-state index contributed by atoms with van der Waals surface area (Å²) in [4.78, 5) is 6.80. The fourth-order valence-electron chi connectivity index (χ4n) is 0.592. The number of hydrogen-bond acceptors (Lipinski definition) is 1. The maximum absolute atomic E-state index is 4.75. The number of aromatic nitrogens is 2. The summed E-state index contributed by atoms with van der Waals surface area (Å²) in [5, 5.41) is 0.548. The zero-order valence-corrected chi connectivity index (χ0v) is 5.74. The molecule has 2 nitrogen and oxygen atoms in total. The third kappa shape index (κ3) is 1.54. The maximum atomic E-state index is 4.75. The van der Waals surface area contributed by atoms with E-state index in [1.54, 1.807) is 12.3 Å². The molecule has 0 unspecified atom stereocenters. The number of nitrogens with one attached hydrogen (secondary N) is 1. The zero-order chi connectivity index (χ0) is 6.69. The molecule has 1 rings (SSSR count). The lowest BCUT2D eigenvalue weighted by atomic mass is 10.3. The van der Waals surface area contributed by atoms with Crippen molar-refractivity contribution in [2.45, 2.75) is 11.6 Å². The second-order valence-electron chi connectivity index (χ2n) is 1.69. The van der Waals surface area contributed by atoms with Gasteiger partial charge in [-0.25, -0.2) is 4.98 Å². The number of imidazole rings is 1. The first kappa shape index (κ1) is 6.29. The lowest BCUT2D eigenvalue weighted by Crippen LogP contribution is -1.77. The summed E-state index contributed by atoms with van der Waals surface area (Å²) in [5.74, 6) is 0. The van der Waals surface area contributed by atoms with Gasteiger partial charge in [-0.05, 0) is 12.6 Å². The highest BCUT2D eigenvalue weighted by atomic mass is 32.1. The van der Waals surface area contributed by atoms with Crippen molar-refractivity contribution in [3.63, 3.8) is 0 Å². The summed E-state index contributed by atoms with van der Waals surface area (Å²) in [6.45, 7) is 3.58. The second-order valence-corrected chi connectivity index (χ2v) is 2.08. The Hall–Kier alpha value is -0.830. The molecule has 0 atom stereocenters. The van der Waals surface area contributed by atoms with E-state index in [0.717, 1.165) is 12.1 Å². The van der Waals surface area contributed by atoms with E-state index in [1.807, 2.05) is 0 Å². The van der Waals surface area contributed by atoms with E-state index in [9.17, 15) is 0 Å². The largest absolute Gasteiger partial charge is 0.336 e. The number of allylic oxidation sites excluding steroid dienone is 1. The lowest BCUT2D eigenvalue weighted by Gasteiger charge is -1.80. The van der Waals surface area contributed by atoms with Crippen molar-refractivity contribution in [3.8, 4) is 0 Å². The van der Waals surface area contributed by atoms with E-state index in [1.165, 1.54) is 0 Å². The summed E-state index contributed by atoms with van der Waals surface area (Å²) in [7, 11) is 0. The van der Waals surface area contributed by atoms with Crippen molar-refractivity contribution >= 4 is 12.6 Å². The van der Waals surface area contributed by atoms with Crippen LogP contribution in [0.3, 0.4) is 0 Å². The second kappa shape index (κ2) is 2.64. The molecule has 1 aromatic rings. The Morgan fingerprint density at radius 2 is 2.67 bits per heavy atom. The summed E-state index contributed by atoms with van der Waals surface area (Å²) < 4.78 is 0. The molecule has 0 aliphatic rings. The monoisotopic (exact) mass is 139 g/mol. The van der Waals surface area contributed by atoms with E-state index >= 15 is 0 Å². The number of H-pyrrole nitrogens is 1. The topological polar surface area (TPSA) is 28.7 Å². The summed E-state index contributed by atoms with van der Waals surface area (Å²) in [6.07, 6.45) is 4.38. The Morgan fingerprint density at radius 3 is 3.11 bits per heavy atom. The van der Waals surface area contributed by atoms with Gasteiger partial charge in [0, 0.05) is 12.6 Å². The van der Waals surface area contributed by atoms with Gasteiger partial charge in [0.15, 0.2) is 5.16 Å². The summed E-state index contributed by atoms with van der Waals surface area (Å²) in [6, 6.07) is 0. The first-order valence-electron chi connectivity index (χ1n) is 2.65. The van der Waals surface area contributed by atoms with Crippen LogP contribution < -0.4 is 0 Å². The molecule has 1 radical (unpaired) electrons. The third-order valence-corrected chi connectivity index (χ3v) is 1.17. The molecule has 1 N–H and O–H groups in total. The van der Waals surface area contributed by atoms with E-state index in [2.05, 4.69) is 16.5 Å². The van der Waals surface area contributed by atoms with E-state index in [4.69, 9.17) is 12.6 Å². The molecule has 1 aromatic heterocycles. The molecular weight excluding hydrogens is 132 g/mol. The minimum absolute atomic E-state index is 0.548. The number of hydrogen-bond donors (Lipinski definition) is 1. The van der Waals surface area contributed by atoms with Gasteiger partial charge in [-0.1, -0.05) is 6.08 Å². The quantitative estimate of drug-likeness (QED) is 0.620. The van der Waals surface area contributed by atoms with Crippen LogP contribution in [0.2, 0.25) is 0 Å². The average Bonchev–Trinajstić information content (AvgIpc) is 2.17. The summed E-state index contributed by atoms with van der Waals surface area (Å²) >= 11 is 4.75. The van der Waals surface area contributed by atoms with E-state index < -0.39 is 0 Å². The van der Waals surface area contributed by atoms with Gasteiger partial charge in [-0.15, -0.1) is 6.58 Å². The van der Waals surface area contributed by atoms with Gasteiger partial charge in [-0.3, -0.25) is 0 Å². The SMILES string of the molecule is C=CCc1c[nH]c([S])n1. The van der Waals surface area contributed by atoms with Crippen molar-refractivity contribution in [2.24, 2.45) is 0 Å². The van der Waals surface area contributed by atoms with Crippen LogP contribution in [0.4, 0.5) is 0 Å². The van der Waals surface area contributed by atoms with Crippen LogP contribution in [-0.2, 0) is 6.42 Å². The maximum Gasteiger partial charge on any atom is 0.197 e. The Morgan fingerprint density at radius 1 is 1.89 bits per heavy atom. The first-order chi connectivity index (χ1) is 4.33. The van der Waals surface area contributed by atoms with Crippen molar-refractivity contribution < 1.29 is 0 Å². The van der Waals surface area contributed by atoms with Crippen molar-refractivity contribution in [3.05, 3.63) is 24.5 Å².